The van der Waals surface area contributed by atoms with E-state index < -0.39 is 11.9 Å². The Bertz CT molecular complexity index is 1010. The molecule has 31 heavy (non-hydrogen) atoms. The van der Waals surface area contributed by atoms with Crippen LogP contribution in [0.4, 0.5) is 11.4 Å². The van der Waals surface area contributed by atoms with Gasteiger partial charge in [-0.05, 0) is 43.7 Å². The molecule has 9 heteroatoms. The van der Waals surface area contributed by atoms with Gasteiger partial charge in [0.2, 0.25) is 18.6 Å². The van der Waals surface area contributed by atoms with Gasteiger partial charge in [0.15, 0.2) is 11.5 Å². The highest BCUT2D eigenvalue weighted by Crippen LogP contribution is 2.34. The van der Waals surface area contributed by atoms with Crippen LogP contribution in [0.5, 0.6) is 11.5 Å². The third-order valence-corrected chi connectivity index (χ3v) is 5.37. The number of carbonyl (C=O) groups excluding carboxylic acids is 3. The van der Waals surface area contributed by atoms with Crippen LogP contribution in [0.3, 0.4) is 0 Å². The van der Waals surface area contributed by atoms with Crippen molar-refractivity contribution in [2.45, 2.75) is 25.3 Å². The van der Waals surface area contributed by atoms with Gasteiger partial charge >= 0.3 is 0 Å². The molecule has 0 bridgehead atoms. The molecule has 1 atom stereocenters. The van der Waals surface area contributed by atoms with Gasteiger partial charge in [0, 0.05) is 11.8 Å². The largest absolute Gasteiger partial charge is 0.454 e. The zero-order valence-corrected chi connectivity index (χ0v) is 16.9. The number of nitrogens with zero attached hydrogens (tertiary/aromatic N) is 1. The molecule has 1 saturated heterocycles. The van der Waals surface area contributed by atoms with E-state index in [0.29, 0.717) is 41.4 Å². The summed E-state index contributed by atoms with van der Waals surface area (Å²) in [5, 5.41) is 5.59. The van der Waals surface area contributed by atoms with E-state index in [1.165, 1.54) is 0 Å². The van der Waals surface area contributed by atoms with Crippen molar-refractivity contribution >= 4 is 29.1 Å². The summed E-state index contributed by atoms with van der Waals surface area (Å²) in [6.45, 7) is 0.814. The van der Waals surface area contributed by atoms with Gasteiger partial charge < -0.3 is 25.8 Å². The predicted octanol–water partition coefficient (Wildman–Crippen LogP) is 1.95. The number of likely N-dealkylation sites (tertiary alicyclic amines) is 1. The van der Waals surface area contributed by atoms with Crippen molar-refractivity contribution in [1.82, 2.24) is 4.90 Å². The number of carbonyl (C=O) groups is 3. The maximum absolute atomic E-state index is 12.8. The minimum atomic E-state index is -0.441. The quantitative estimate of drug-likeness (QED) is 0.651. The summed E-state index contributed by atoms with van der Waals surface area (Å²) in [7, 11) is 0. The number of para-hydroxylation sites is 1. The number of piperidine rings is 1. The first-order valence-corrected chi connectivity index (χ1v) is 10.1. The minimum absolute atomic E-state index is 0.0335. The molecule has 0 aromatic heterocycles. The van der Waals surface area contributed by atoms with Crippen LogP contribution < -0.4 is 25.8 Å². The Hall–Kier alpha value is -3.59. The summed E-state index contributed by atoms with van der Waals surface area (Å²) in [6.07, 6.45) is 2.47. The molecule has 0 radical (unpaired) electrons. The van der Waals surface area contributed by atoms with Crippen molar-refractivity contribution in [2.24, 2.45) is 5.73 Å². The fourth-order valence-corrected chi connectivity index (χ4v) is 3.84. The van der Waals surface area contributed by atoms with E-state index in [2.05, 4.69) is 10.6 Å². The molecular formula is C22H24N4O5. The number of fused-ring (bicyclic) bond motifs is 1. The van der Waals surface area contributed by atoms with Gasteiger partial charge in [0.1, 0.15) is 0 Å². The maximum atomic E-state index is 12.8. The SMILES string of the molecule is NC(=O)[C@@H]1CCCCN1CC(=O)Nc1ccccc1C(=O)Nc1ccc2c(c1)OCO2. The van der Waals surface area contributed by atoms with Crippen LogP contribution in [0.25, 0.3) is 0 Å². The zero-order chi connectivity index (χ0) is 21.8. The molecular weight excluding hydrogens is 400 g/mol. The Morgan fingerprint density at radius 2 is 1.84 bits per heavy atom. The Balaban J connectivity index is 1.43. The molecule has 162 valence electrons. The topological polar surface area (TPSA) is 123 Å². The Morgan fingerprint density at radius 1 is 1.03 bits per heavy atom. The highest BCUT2D eigenvalue weighted by Gasteiger charge is 2.28. The van der Waals surface area contributed by atoms with Crippen molar-refractivity contribution in [3.05, 3.63) is 48.0 Å². The lowest BCUT2D eigenvalue weighted by molar-refractivity contribution is -0.126. The van der Waals surface area contributed by atoms with Crippen LogP contribution in [-0.4, -0.2) is 48.5 Å². The fraction of sp³-hybridized carbons (Fsp3) is 0.318. The number of hydrogen-bond acceptors (Lipinski definition) is 6. The summed E-state index contributed by atoms with van der Waals surface area (Å²) in [6, 6.07) is 11.4. The lowest BCUT2D eigenvalue weighted by Gasteiger charge is -2.32. The van der Waals surface area contributed by atoms with Crippen LogP contribution in [0.2, 0.25) is 0 Å². The van der Waals surface area contributed by atoms with Crippen LogP contribution in [0, 0.1) is 0 Å². The van der Waals surface area contributed by atoms with E-state index in [0.717, 1.165) is 12.8 Å². The highest BCUT2D eigenvalue weighted by atomic mass is 16.7. The third-order valence-electron chi connectivity index (χ3n) is 5.37. The molecule has 2 aliphatic heterocycles. The number of nitrogens with one attached hydrogen (secondary N) is 2. The molecule has 0 aliphatic carbocycles. The molecule has 2 aliphatic rings. The normalized spacial score (nSPS) is 17.7. The first-order valence-electron chi connectivity index (χ1n) is 10.1. The molecule has 0 saturated carbocycles. The van der Waals surface area contributed by atoms with Gasteiger partial charge in [-0.1, -0.05) is 18.6 Å². The van der Waals surface area contributed by atoms with Crippen molar-refractivity contribution in [1.29, 1.82) is 0 Å². The van der Waals surface area contributed by atoms with Gasteiger partial charge in [-0.2, -0.15) is 0 Å². The van der Waals surface area contributed by atoms with Crippen LogP contribution in [0.1, 0.15) is 29.6 Å². The van der Waals surface area contributed by atoms with E-state index in [4.69, 9.17) is 15.2 Å². The highest BCUT2D eigenvalue weighted by molar-refractivity contribution is 6.10. The molecule has 2 aromatic rings. The molecule has 0 spiro atoms. The lowest BCUT2D eigenvalue weighted by atomic mass is 10.0. The number of benzene rings is 2. The lowest BCUT2D eigenvalue weighted by Crippen LogP contribution is -2.50. The molecule has 2 heterocycles. The molecule has 2 aromatic carbocycles. The smallest absolute Gasteiger partial charge is 0.257 e. The van der Waals surface area contributed by atoms with Crippen molar-refractivity contribution < 1.29 is 23.9 Å². The maximum Gasteiger partial charge on any atom is 0.257 e. The number of ether oxygens (including phenoxy) is 2. The molecule has 4 rings (SSSR count). The summed E-state index contributed by atoms with van der Waals surface area (Å²) >= 11 is 0. The van der Waals surface area contributed by atoms with E-state index >= 15 is 0 Å². The number of nitrogens with two attached hydrogens (primary N) is 1. The molecule has 3 amide bonds. The monoisotopic (exact) mass is 424 g/mol. The van der Waals surface area contributed by atoms with Crippen LogP contribution in [0.15, 0.2) is 42.5 Å². The van der Waals surface area contributed by atoms with E-state index in [9.17, 15) is 14.4 Å². The first kappa shape index (κ1) is 20.7. The van der Waals surface area contributed by atoms with E-state index in [1.54, 1.807) is 47.4 Å². The van der Waals surface area contributed by atoms with Gasteiger partial charge in [0.05, 0.1) is 23.8 Å². The van der Waals surface area contributed by atoms with Gasteiger partial charge in [-0.15, -0.1) is 0 Å². The Morgan fingerprint density at radius 3 is 2.68 bits per heavy atom. The average molecular weight is 424 g/mol. The Labute approximate surface area is 179 Å². The number of hydrogen-bond donors (Lipinski definition) is 3. The standard InChI is InChI=1S/C22H24N4O5/c23-21(28)17-7-3-4-10-26(17)12-20(27)25-16-6-2-1-5-15(16)22(29)24-14-8-9-18-19(11-14)31-13-30-18/h1-2,5-6,8-9,11,17H,3-4,7,10,12-13H2,(H2,23,28)(H,24,29)(H,25,27)/t17-/m0/s1. The zero-order valence-electron chi connectivity index (χ0n) is 16.9. The Kier molecular flexibility index (Phi) is 6.03. The first-order chi connectivity index (χ1) is 15.0. The van der Waals surface area contributed by atoms with Crippen molar-refractivity contribution in [3.63, 3.8) is 0 Å². The second-order valence-corrected chi connectivity index (χ2v) is 7.50. The summed E-state index contributed by atoms with van der Waals surface area (Å²) in [5.74, 6) is 0.0813. The van der Waals surface area contributed by atoms with Gasteiger partial charge in [0.25, 0.3) is 5.91 Å². The molecule has 1 fully saturated rings. The van der Waals surface area contributed by atoms with Crippen LogP contribution in [-0.2, 0) is 9.59 Å². The summed E-state index contributed by atoms with van der Waals surface area (Å²) in [4.78, 5) is 38.9. The average Bonchev–Trinajstić information content (AvgIpc) is 3.22. The number of anilines is 2. The van der Waals surface area contributed by atoms with Crippen LogP contribution >= 0.6 is 0 Å². The van der Waals surface area contributed by atoms with E-state index in [-0.39, 0.29) is 25.2 Å². The predicted molar refractivity (Wildman–Crippen MR) is 114 cm³/mol. The number of primary amides is 1. The molecule has 4 N–H and O–H groups in total. The van der Waals surface area contributed by atoms with Crippen molar-refractivity contribution in [3.8, 4) is 11.5 Å². The van der Waals surface area contributed by atoms with Gasteiger partial charge in [-0.25, -0.2) is 0 Å². The second kappa shape index (κ2) is 9.05. The summed E-state index contributed by atoms with van der Waals surface area (Å²) < 4.78 is 10.6. The number of amides is 3. The van der Waals surface area contributed by atoms with Gasteiger partial charge in [-0.3, -0.25) is 19.3 Å². The number of rotatable bonds is 6. The third kappa shape index (κ3) is 4.77. The minimum Gasteiger partial charge on any atom is -0.454 e. The fourth-order valence-electron chi connectivity index (χ4n) is 3.84. The van der Waals surface area contributed by atoms with Crippen molar-refractivity contribution in [2.75, 3.05) is 30.5 Å². The second-order valence-electron chi connectivity index (χ2n) is 7.50. The van der Waals surface area contributed by atoms with E-state index in [1.807, 2.05) is 0 Å². The molecule has 9 nitrogen and oxygen atoms in total. The molecule has 0 unspecified atom stereocenters. The summed E-state index contributed by atoms with van der Waals surface area (Å²) in [5.41, 5.74) is 6.73.